The summed E-state index contributed by atoms with van der Waals surface area (Å²) in [6.07, 6.45) is 4.41. The number of imidazole rings is 1. The van der Waals surface area contributed by atoms with Crippen LogP contribution in [0.4, 0.5) is 5.69 Å². The molecule has 5 aromatic rings. The van der Waals surface area contributed by atoms with E-state index in [1.54, 1.807) is 17.1 Å². The van der Waals surface area contributed by atoms with E-state index >= 15 is 0 Å². The van der Waals surface area contributed by atoms with Gasteiger partial charge in [-0.2, -0.15) is 0 Å². The number of ether oxygens (including phenoxy) is 5. The highest BCUT2D eigenvalue weighted by Gasteiger charge is 2.12. The van der Waals surface area contributed by atoms with Crippen molar-refractivity contribution in [3.05, 3.63) is 70.9 Å². The Kier molecular flexibility index (Phi) is 15.5. The van der Waals surface area contributed by atoms with E-state index in [0.717, 1.165) is 35.4 Å². The topological polar surface area (TPSA) is 139 Å². The van der Waals surface area contributed by atoms with Gasteiger partial charge in [-0.25, -0.2) is 9.67 Å². The fourth-order valence-electron chi connectivity index (χ4n) is 4.72. The van der Waals surface area contributed by atoms with E-state index in [1.165, 1.54) is 6.07 Å². The highest BCUT2D eigenvalue weighted by Crippen LogP contribution is 2.27. The van der Waals surface area contributed by atoms with Crippen LogP contribution in [0.15, 0.2) is 64.2 Å². The zero-order chi connectivity index (χ0) is 34.0. The van der Waals surface area contributed by atoms with Gasteiger partial charge in [0.15, 0.2) is 11.0 Å². The van der Waals surface area contributed by atoms with Crippen LogP contribution in [-0.2, 0) is 36.6 Å². The first kappa shape index (κ1) is 36.7. The zero-order valence-electron chi connectivity index (χ0n) is 28.5. The molecule has 0 unspecified atom stereocenters. The Balaban J connectivity index is 0.00000255. The number of anilines is 1. The second-order valence-corrected chi connectivity index (χ2v) is 10.6. The number of benzene rings is 2. The molecule has 1 N–H and O–H groups in total. The fourth-order valence-corrected chi connectivity index (χ4v) is 4.72. The lowest BCUT2D eigenvalue weighted by molar-refractivity contribution is -0.0111. The number of nitrogens with zero attached hydrogens (tertiary/aromatic N) is 5. The molecule has 48 heavy (non-hydrogen) atoms. The molecule has 0 saturated heterocycles. The molecule has 0 bridgehead atoms. The summed E-state index contributed by atoms with van der Waals surface area (Å²) in [5.74, 6) is 0.506. The first-order valence-corrected chi connectivity index (χ1v) is 16.6. The van der Waals surface area contributed by atoms with Crippen molar-refractivity contribution in [2.45, 2.75) is 33.7 Å². The molecule has 13 heteroatoms. The molecule has 0 fully saturated rings. The Labute approximate surface area is 281 Å². The average Bonchev–Trinajstić information content (AvgIpc) is 3.80. The Bertz CT molecular complexity index is 1680. The number of aryl methyl sites for hydroxylation is 1. The van der Waals surface area contributed by atoms with Crippen LogP contribution in [0.3, 0.4) is 0 Å². The summed E-state index contributed by atoms with van der Waals surface area (Å²) >= 11 is 0. The number of likely N-dealkylation sites (N-methyl/N-ethyl adjacent to an activating group) is 1. The van der Waals surface area contributed by atoms with E-state index in [9.17, 15) is 4.79 Å². The van der Waals surface area contributed by atoms with Gasteiger partial charge in [0.1, 0.15) is 11.3 Å². The van der Waals surface area contributed by atoms with Crippen molar-refractivity contribution in [2.75, 3.05) is 84.6 Å². The third-order valence-corrected chi connectivity index (χ3v) is 7.35. The lowest BCUT2D eigenvalue weighted by Gasteiger charge is -2.19. The first-order valence-electron chi connectivity index (χ1n) is 16.6. The Hall–Kier alpha value is -4.14. The second kappa shape index (κ2) is 20.3. The highest BCUT2D eigenvalue weighted by atomic mass is 16.6. The molecule has 0 atom stereocenters. The summed E-state index contributed by atoms with van der Waals surface area (Å²) in [4.78, 5) is 22.2. The molecule has 0 aliphatic carbocycles. The third kappa shape index (κ3) is 11.0. The molecule has 260 valence electrons. The summed E-state index contributed by atoms with van der Waals surface area (Å²) in [6.45, 7) is 12.7. The van der Waals surface area contributed by atoms with Crippen LogP contribution < -0.4 is 10.3 Å². The standard InChI is InChI=1S/C33H42N6O7.C2H6/c1-3-26-23-39(37-36-26)11-13-42-15-17-44-19-21-45-20-18-43-16-14-41-12-10-38(2)27-6-4-25(5-7-27)31-22-30(40)28-8-9-29-32(33(28)46-31)35-24-34-29;1-2/h4-9,22-24H,3,10-21H2,1-2H3,(H,34,35);1-2H3. The van der Waals surface area contributed by atoms with Gasteiger partial charge in [0, 0.05) is 37.1 Å². The summed E-state index contributed by atoms with van der Waals surface area (Å²) in [7, 11) is 2.01. The minimum Gasteiger partial charge on any atom is -0.453 e. The van der Waals surface area contributed by atoms with Gasteiger partial charge >= 0.3 is 0 Å². The summed E-state index contributed by atoms with van der Waals surface area (Å²) in [5, 5.41) is 8.61. The maximum atomic E-state index is 12.7. The highest BCUT2D eigenvalue weighted by molar-refractivity contribution is 6.00. The quantitative estimate of drug-likeness (QED) is 0.109. The molecule has 2 aromatic carbocycles. The normalized spacial score (nSPS) is 11.2. The average molecular weight is 665 g/mol. The van der Waals surface area contributed by atoms with Crippen LogP contribution in [0, 0.1) is 0 Å². The Morgan fingerprint density at radius 3 is 2.08 bits per heavy atom. The summed E-state index contributed by atoms with van der Waals surface area (Å²) < 4.78 is 35.8. The maximum Gasteiger partial charge on any atom is 0.193 e. The van der Waals surface area contributed by atoms with Crippen molar-refractivity contribution in [3.63, 3.8) is 0 Å². The molecular weight excluding hydrogens is 616 g/mol. The smallest absolute Gasteiger partial charge is 0.193 e. The van der Waals surface area contributed by atoms with Gasteiger partial charge in [0.2, 0.25) is 0 Å². The molecule has 0 amide bonds. The number of nitrogens with one attached hydrogen (secondary N) is 1. The lowest BCUT2D eigenvalue weighted by atomic mass is 10.1. The molecule has 0 spiro atoms. The summed E-state index contributed by atoms with van der Waals surface area (Å²) in [6, 6.07) is 13.0. The first-order chi connectivity index (χ1) is 23.6. The van der Waals surface area contributed by atoms with Crippen LogP contribution in [0.25, 0.3) is 33.3 Å². The number of fused-ring (bicyclic) bond motifs is 3. The monoisotopic (exact) mass is 664 g/mol. The molecular formula is C35H48N6O7. The second-order valence-electron chi connectivity index (χ2n) is 10.6. The molecule has 0 radical (unpaired) electrons. The number of hydrogen-bond donors (Lipinski definition) is 1. The minimum absolute atomic E-state index is 0.0967. The fraction of sp³-hybridized carbons (Fsp3) is 0.486. The van der Waals surface area contributed by atoms with Crippen LogP contribution in [0.5, 0.6) is 0 Å². The molecule has 0 aliphatic heterocycles. The predicted octanol–water partition coefficient (Wildman–Crippen LogP) is 4.74. The van der Waals surface area contributed by atoms with Gasteiger partial charge in [-0.15, -0.1) is 5.10 Å². The number of hydrogen-bond acceptors (Lipinski definition) is 11. The van der Waals surface area contributed by atoms with Crippen molar-refractivity contribution < 1.29 is 28.1 Å². The van der Waals surface area contributed by atoms with Crippen molar-refractivity contribution in [2.24, 2.45) is 0 Å². The Morgan fingerprint density at radius 2 is 1.46 bits per heavy atom. The zero-order valence-corrected chi connectivity index (χ0v) is 28.5. The number of aromatic amines is 1. The van der Waals surface area contributed by atoms with Crippen LogP contribution in [-0.4, -0.2) is 105 Å². The largest absolute Gasteiger partial charge is 0.453 e. The number of H-pyrrole nitrogens is 1. The lowest BCUT2D eigenvalue weighted by Crippen LogP contribution is -2.23. The van der Waals surface area contributed by atoms with Gasteiger partial charge in [0.05, 0.1) is 95.5 Å². The van der Waals surface area contributed by atoms with E-state index in [0.29, 0.717) is 94.9 Å². The van der Waals surface area contributed by atoms with Crippen LogP contribution in [0.2, 0.25) is 0 Å². The SMILES string of the molecule is CC.CCc1cn(CCOCCOCCOCCOCCOCCN(C)c2ccc(-c3cc(=O)c4ccc5[nH]cnc5c4o3)cc2)nn1. The van der Waals surface area contributed by atoms with Crippen molar-refractivity contribution in [1.29, 1.82) is 0 Å². The molecule has 0 saturated carbocycles. The van der Waals surface area contributed by atoms with Gasteiger partial charge in [0.25, 0.3) is 0 Å². The molecule has 0 aliphatic rings. The third-order valence-electron chi connectivity index (χ3n) is 7.35. The Morgan fingerprint density at radius 1 is 0.833 bits per heavy atom. The van der Waals surface area contributed by atoms with Gasteiger partial charge in [-0.05, 0) is 42.8 Å². The molecule has 3 aromatic heterocycles. The van der Waals surface area contributed by atoms with Gasteiger partial charge in [-0.1, -0.05) is 26.0 Å². The van der Waals surface area contributed by atoms with Gasteiger partial charge in [-0.3, -0.25) is 4.79 Å². The molecule has 5 rings (SSSR count). The number of aromatic nitrogens is 5. The minimum atomic E-state index is -0.0967. The van der Waals surface area contributed by atoms with E-state index in [1.807, 2.05) is 57.4 Å². The van der Waals surface area contributed by atoms with Crippen LogP contribution in [0.1, 0.15) is 26.5 Å². The number of rotatable bonds is 21. The van der Waals surface area contributed by atoms with Crippen LogP contribution >= 0.6 is 0 Å². The summed E-state index contributed by atoms with van der Waals surface area (Å²) in [5.41, 5.74) is 4.69. The van der Waals surface area contributed by atoms with Crippen molar-refractivity contribution in [3.8, 4) is 11.3 Å². The van der Waals surface area contributed by atoms with Crippen molar-refractivity contribution in [1.82, 2.24) is 25.0 Å². The van der Waals surface area contributed by atoms with Crippen molar-refractivity contribution >= 4 is 27.7 Å². The van der Waals surface area contributed by atoms with Gasteiger partial charge < -0.3 is 38.0 Å². The van der Waals surface area contributed by atoms with E-state index in [2.05, 4.69) is 32.1 Å². The molecule has 13 nitrogen and oxygen atoms in total. The molecule has 3 heterocycles. The maximum absolute atomic E-state index is 12.7. The van der Waals surface area contributed by atoms with E-state index < -0.39 is 0 Å². The van der Waals surface area contributed by atoms with E-state index in [-0.39, 0.29) is 5.43 Å². The van der Waals surface area contributed by atoms with E-state index in [4.69, 9.17) is 28.1 Å². The predicted molar refractivity (Wildman–Crippen MR) is 186 cm³/mol.